The molecule has 5 aliphatic carbocycles. The molecular formula is C43H59N3O3. The number of hydrogen-bond donors (Lipinski definition) is 0. The molecule has 0 spiro atoms. The Bertz CT molecular complexity index is 1630. The molecule has 2 heterocycles. The van der Waals surface area contributed by atoms with Gasteiger partial charge in [-0.3, -0.25) is 4.79 Å². The third-order valence-electron chi connectivity index (χ3n) is 16.1. The second kappa shape index (κ2) is 11.6. The Morgan fingerprint density at radius 2 is 1.69 bits per heavy atom. The van der Waals surface area contributed by atoms with E-state index in [1.165, 1.54) is 24.1 Å². The van der Waals surface area contributed by atoms with E-state index >= 15 is 0 Å². The van der Waals surface area contributed by atoms with Crippen LogP contribution in [0.1, 0.15) is 110 Å². The first kappa shape index (κ1) is 33.4. The van der Waals surface area contributed by atoms with E-state index in [0.717, 1.165) is 76.2 Å². The fourth-order valence-corrected chi connectivity index (χ4v) is 13.2. The van der Waals surface area contributed by atoms with Crippen LogP contribution in [0.25, 0.3) is 0 Å². The Morgan fingerprint density at radius 3 is 2.45 bits per heavy atom. The van der Waals surface area contributed by atoms with Crippen molar-refractivity contribution in [2.45, 2.75) is 112 Å². The molecule has 6 aliphatic rings. The minimum atomic E-state index is -0.424. The Morgan fingerprint density at radius 1 is 0.939 bits per heavy atom. The highest BCUT2D eigenvalue weighted by Gasteiger charge is 2.69. The van der Waals surface area contributed by atoms with Gasteiger partial charge >= 0.3 is 5.97 Å². The summed E-state index contributed by atoms with van der Waals surface area (Å²) in [6.45, 7) is 21.4. The number of rotatable bonds is 4. The molecule has 0 N–H and O–H groups in total. The van der Waals surface area contributed by atoms with E-state index in [1.54, 1.807) is 5.57 Å². The molecule has 1 aromatic carbocycles. The van der Waals surface area contributed by atoms with Crippen LogP contribution < -0.4 is 4.90 Å². The van der Waals surface area contributed by atoms with Gasteiger partial charge in [-0.2, -0.15) is 0 Å². The zero-order chi connectivity index (χ0) is 34.4. The molecule has 6 nitrogen and oxygen atoms in total. The van der Waals surface area contributed by atoms with Gasteiger partial charge in [-0.15, -0.1) is 0 Å². The maximum Gasteiger partial charge on any atom is 0.313 e. The lowest BCUT2D eigenvalue weighted by molar-refractivity contribution is -0.184. The highest BCUT2D eigenvalue weighted by atomic mass is 16.5. The number of carbonyl (C=O) groups excluding carboxylic acids is 1. The third-order valence-corrected chi connectivity index (χ3v) is 16.1. The standard InChI is InChI=1S/C43H59N3O3/c1-28-15-18-43(38(47)49-26-30-11-9-8-10-12-30)20-19-41(6)32(35(43)29(28)2)13-14-34-40(5)25-31-36(39(3,4)33(40)16-17-42(34,41)7)44-27-45-37(31)46-21-23-48-24-22-46/h8-13,27-29,33-35H,14-26H2,1-7H3/t28-,29-,33+,34-,35-,40+,41+,42-,43-/m0/s1. The summed E-state index contributed by atoms with van der Waals surface area (Å²) in [6.07, 6.45) is 13.1. The second-order valence-electron chi connectivity index (χ2n) is 18.4. The number of hydrogen-bond acceptors (Lipinski definition) is 6. The lowest BCUT2D eigenvalue weighted by Gasteiger charge is -2.71. The number of anilines is 1. The summed E-state index contributed by atoms with van der Waals surface area (Å²) in [4.78, 5) is 26.9. The highest BCUT2D eigenvalue weighted by Crippen LogP contribution is 2.75. The van der Waals surface area contributed by atoms with E-state index in [1.807, 2.05) is 24.5 Å². The van der Waals surface area contributed by atoms with Crippen molar-refractivity contribution in [3.63, 3.8) is 0 Å². The van der Waals surface area contributed by atoms with Crippen LogP contribution in [0.4, 0.5) is 5.82 Å². The van der Waals surface area contributed by atoms with E-state index in [4.69, 9.17) is 19.4 Å². The lowest BCUT2D eigenvalue weighted by atomic mass is 9.33. The van der Waals surface area contributed by atoms with Crippen LogP contribution in [0.3, 0.4) is 0 Å². The number of esters is 1. The van der Waals surface area contributed by atoms with Crippen LogP contribution >= 0.6 is 0 Å². The van der Waals surface area contributed by atoms with Crippen molar-refractivity contribution in [3.8, 4) is 0 Å². The van der Waals surface area contributed by atoms with Gasteiger partial charge in [0.2, 0.25) is 0 Å². The van der Waals surface area contributed by atoms with Gasteiger partial charge in [0.15, 0.2) is 0 Å². The zero-order valence-corrected chi connectivity index (χ0v) is 31.2. The molecule has 0 amide bonds. The molecule has 2 aromatic rings. The minimum Gasteiger partial charge on any atom is -0.460 e. The Hall–Kier alpha value is -2.73. The number of allylic oxidation sites excluding steroid dienone is 2. The predicted octanol–water partition coefficient (Wildman–Crippen LogP) is 8.73. The van der Waals surface area contributed by atoms with Gasteiger partial charge in [-0.25, -0.2) is 9.97 Å². The number of aromatic nitrogens is 2. The molecule has 1 aliphatic heterocycles. The molecule has 8 rings (SSSR count). The zero-order valence-electron chi connectivity index (χ0n) is 31.2. The van der Waals surface area contributed by atoms with E-state index in [2.05, 4.69) is 71.6 Å². The smallest absolute Gasteiger partial charge is 0.313 e. The Kier molecular flexibility index (Phi) is 7.94. The van der Waals surface area contributed by atoms with Crippen LogP contribution in [-0.4, -0.2) is 42.2 Å². The molecule has 6 heteroatoms. The summed E-state index contributed by atoms with van der Waals surface area (Å²) in [5, 5.41) is 0. The quantitative estimate of drug-likeness (QED) is 0.241. The van der Waals surface area contributed by atoms with Crippen LogP contribution in [0, 0.1) is 51.2 Å². The van der Waals surface area contributed by atoms with Crippen molar-refractivity contribution >= 4 is 11.8 Å². The summed E-state index contributed by atoms with van der Waals surface area (Å²) in [5.41, 5.74) is 5.18. The van der Waals surface area contributed by atoms with Gasteiger partial charge in [-0.1, -0.05) is 90.4 Å². The number of morpholine rings is 1. The van der Waals surface area contributed by atoms with Crippen molar-refractivity contribution < 1.29 is 14.3 Å². The van der Waals surface area contributed by atoms with Gasteiger partial charge in [-0.05, 0) is 103 Å². The molecule has 49 heavy (non-hydrogen) atoms. The Labute approximate surface area is 294 Å². The van der Waals surface area contributed by atoms with Crippen LogP contribution in [-0.2, 0) is 32.7 Å². The molecule has 9 atom stereocenters. The summed E-state index contributed by atoms with van der Waals surface area (Å²) >= 11 is 0. The number of ether oxygens (including phenoxy) is 2. The summed E-state index contributed by atoms with van der Waals surface area (Å²) in [6, 6.07) is 10.2. The average molecular weight is 666 g/mol. The molecule has 0 bridgehead atoms. The third kappa shape index (κ3) is 4.70. The average Bonchev–Trinajstić information content (AvgIpc) is 3.09. The fraction of sp³-hybridized carbons (Fsp3) is 0.698. The van der Waals surface area contributed by atoms with Gasteiger partial charge in [0.1, 0.15) is 18.8 Å². The summed E-state index contributed by atoms with van der Waals surface area (Å²) in [5.74, 6) is 3.58. The van der Waals surface area contributed by atoms with Crippen LogP contribution in [0.2, 0.25) is 0 Å². The van der Waals surface area contributed by atoms with Crippen molar-refractivity contribution in [1.82, 2.24) is 9.97 Å². The van der Waals surface area contributed by atoms with E-state index in [0.29, 0.717) is 30.3 Å². The highest BCUT2D eigenvalue weighted by molar-refractivity contribution is 5.79. The first-order valence-electron chi connectivity index (χ1n) is 19.5. The van der Waals surface area contributed by atoms with Crippen LogP contribution in [0.5, 0.6) is 0 Å². The molecule has 0 unspecified atom stereocenters. The van der Waals surface area contributed by atoms with Gasteiger partial charge in [0, 0.05) is 24.1 Å². The van der Waals surface area contributed by atoms with Gasteiger partial charge in [0.05, 0.1) is 24.3 Å². The van der Waals surface area contributed by atoms with E-state index < -0.39 is 5.41 Å². The maximum atomic E-state index is 14.4. The second-order valence-corrected chi connectivity index (χ2v) is 18.4. The molecule has 3 saturated carbocycles. The number of nitrogens with zero attached hydrogens (tertiary/aromatic N) is 3. The first-order valence-corrected chi connectivity index (χ1v) is 19.5. The largest absolute Gasteiger partial charge is 0.460 e. The van der Waals surface area contributed by atoms with Gasteiger partial charge in [0.25, 0.3) is 0 Å². The van der Waals surface area contributed by atoms with Crippen molar-refractivity contribution in [1.29, 1.82) is 0 Å². The maximum absolute atomic E-state index is 14.4. The predicted molar refractivity (Wildman–Crippen MR) is 194 cm³/mol. The van der Waals surface area contributed by atoms with Crippen LogP contribution in [0.15, 0.2) is 48.3 Å². The topological polar surface area (TPSA) is 64.5 Å². The summed E-state index contributed by atoms with van der Waals surface area (Å²) in [7, 11) is 0. The van der Waals surface area contributed by atoms with E-state index in [-0.39, 0.29) is 33.5 Å². The number of benzene rings is 1. The molecule has 1 saturated heterocycles. The molecular weight excluding hydrogens is 606 g/mol. The van der Waals surface area contributed by atoms with Gasteiger partial charge < -0.3 is 14.4 Å². The number of fused-ring (bicyclic) bond motifs is 8. The monoisotopic (exact) mass is 665 g/mol. The van der Waals surface area contributed by atoms with Crippen molar-refractivity contribution in [2.75, 3.05) is 31.2 Å². The van der Waals surface area contributed by atoms with E-state index in [9.17, 15) is 4.79 Å². The lowest BCUT2D eigenvalue weighted by Crippen LogP contribution is -2.65. The molecule has 264 valence electrons. The van der Waals surface area contributed by atoms with Crippen molar-refractivity contribution in [2.24, 2.45) is 51.2 Å². The molecule has 1 aromatic heterocycles. The summed E-state index contributed by atoms with van der Waals surface area (Å²) < 4.78 is 12.0. The molecule has 0 radical (unpaired) electrons. The first-order chi connectivity index (χ1) is 23.4. The fourth-order valence-electron chi connectivity index (χ4n) is 13.2. The Balaban J connectivity index is 1.17. The number of carbonyl (C=O) groups is 1. The minimum absolute atomic E-state index is 0.0317. The molecule has 4 fully saturated rings. The van der Waals surface area contributed by atoms with Crippen molar-refractivity contribution in [3.05, 3.63) is 65.1 Å². The SMILES string of the molecule is C[C@@H]1[C@H]2C3=CC[C@H]4[C@]5(C)Cc6c(N7CCOCC7)ncnc6C(C)(C)[C@H]5CC[C@]4(C)[C@]3(C)CC[C@@]2(C(=O)OCc2ccccc2)CC[C@@H]1C. The normalized spacial score (nSPS) is 40.8.